The van der Waals surface area contributed by atoms with Crippen molar-refractivity contribution in [3.63, 3.8) is 0 Å². The Hall–Kier alpha value is -2.51. The fourth-order valence-electron chi connectivity index (χ4n) is 1.82. The molecule has 0 atom stereocenters. The Balaban J connectivity index is 1.88. The zero-order chi connectivity index (χ0) is 15.5. The van der Waals surface area contributed by atoms with Gasteiger partial charge in [-0.1, -0.05) is 23.7 Å². The summed E-state index contributed by atoms with van der Waals surface area (Å²) in [7, 11) is 0. The molecular weight excluding hydrogens is 324 g/mol. The van der Waals surface area contributed by atoms with E-state index < -0.39 is 4.92 Å². The first kappa shape index (κ1) is 14.4. The number of anilines is 2. The van der Waals surface area contributed by atoms with Gasteiger partial charge in [-0.25, -0.2) is 9.97 Å². The first-order valence-corrected chi connectivity index (χ1v) is 7.47. The van der Waals surface area contributed by atoms with Gasteiger partial charge in [-0.05, 0) is 18.2 Å². The Kier molecular flexibility index (Phi) is 3.99. The van der Waals surface area contributed by atoms with E-state index in [0.717, 1.165) is 0 Å². The number of hydrogen-bond donors (Lipinski definition) is 1. The number of halogens is 1. The maximum atomic E-state index is 10.9. The minimum atomic E-state index is -0.509. The van der Waals surface area contributed by atoms with Gasteiger partial charge in [-0.3, -0.25) is 10.1 Å². The van der Waals surface area contributed by atoms with E-state index in [1.54, 1.807) is 12.3 Å². The molecule has 2 aromatic heterocycles. The molecule has 0 unspecified atom stereocenters. The number of aromatic nitrogens is 2. The molecule has 0 bridgehead atoms. The molecule has 8 heteroatoms. The summed E-state index contributed by atoms with van der Waals surface area (Å²) in [6.07, 6.45) is 1.68. The summed E-state index contributed by atoms with van der Waals surface area (Å²) in [5, 5.41) is 16.6. The summed E-state index contributed by atoms with van der Waals surface area (Å²) in [6.45, 7) is 0. The third-order valence-electron chi connectivity index (χ3n) is 2.84. The Morgan fingerprint density at radius 3 is 2.86 bits per heavy atom. The molecule has 0 aliphatic carbocycles. The maximum Gasteiger partial charge on any atom is 0.288 e. The molecule has 3 rings (SSSR count). The summed E-state index contributed by atoms with van der Waals surface area (Å²) in [5.41, 5.74) is 1.15. The molecule has 0 amide bonds. The van der Waals surface area contributed by atoms with Crippen molar-refractivity contribution < 1.29 is 4.92 Å². The van der Waals surface area contributed by atoms with Gasteiger partial charge in [-0.15, -0.1) is 11.3 Å². The van der Waals surface area contributed by atoms with Crippen molar-refractivity contribution in [2.24, 2.45) is 0 Å². The SMILES string of the molecule is O=[N+]([O-])c1cc(-c2csc(Nc3ccccn3)n2)ccc1Cl. The molecule has 3 aromatic rings. The van der Waals surface area contributed by atoms with Gasteiger partial charge < -0.3 is 5.32 Å². The van der Waals surface area contributed by atoms with Crippen LogP contribution >= 0.6 is 22.9 Å². The van der Waals surface area contributed by atoms with E-state index in [1.165, 1.54) is 23.5 Å². The summed E-state index contributed by atoms with van der Waals surface area (Å²) in [5.74, 6) is 0.686. The monoisotopic (exact) mass is 332 g/mol. The van der Waals surface area contributed by atoms with Crippen LogP contribution in [-0.2, 0) is 0 Å². The minimum Gasteiger partial charge on any atom is -0.316 e. The van der Waals surface area contributed by atoms with Crippen molar-refractivity contribution in [3.05, 3.63) is 63.1 Å². The Labute approximate surface area is 134 Å². The third kappa shape index (κ3) is 3.05. The Morgan fingerprint density at radius 1 is 1.27 bits per heavy atom. The minimum absolute atomic E-state index is 0.107. The summed E-state index contributed by atoms with van der Waals surface area (Å²) in [6, 6.07) is 10.1. The maximum absolute atomic E-state index is 10.9. The molecule has 0 fully saturated rings. The molecular formula is C14H9ClN4O2S. The molecule has 110 valence electrons. The molecule has 0 spiro atoms. The van der Waals surface area contributed by atoms with Crippen LogP contribution in [0.1, 0.15) is 0 Å². The first-order chi connectivity index (χ1) is 10.6. The topological polar surface area (TPSA) is 81.0 Å². The second-order valence-electron chi connectivity index (χ2n) is 4.30. The molecule has 0 aliphatic heterocycles. The van der Waals surface area contributed by atoms with Crippen LogP contribution in [0.3, 0.4) is 0 Å². The lowest BCUT2D eigenvalue weighted by molar-refractivity contribution is -0.384. The van der Waals surface area contributed by atoms with Crippen molar-refractivity contribution in [2.75, 3.05) is 5.32 Å². The number of thiazole rings is 1. The molecule has 2 heterocycles. The lowest BCUT2D eigenvalue weighted by atomic mass is 10.1. The number of rotatable bonds is 4. The molecule has 22 heavy (non-hydrogen) atoms. The van der Waals surface area contributed by atoms with Gasteiger partial charge in [0.25, 0.3) is 5.69 Å². The summed E-state index contributed by atoms with van der Waals surface area (Å²) >= 11 is 7.20. The number of nitro benzene ring substituents is 1. The van der Waals surface area contributed by atoms with E-state index in [1.807, 2.05) is 23.6 Å². The van der Waals surface area contributed by atoms with Gasteiger partial charge >= 0.3 is 0 Å². The van der Waals surface area contributed by atoms with Crippen molar-refractivity contribution in [3.8, 4) is 11.3 Å². The Morgan fingerprint density at radius 2 is 2.14 bits per heavy atom. The largest absolute Gasteiger partial charge is 0.316 e. The highest BCUT2D eigenvalue weighted by Crippen LogP contribution is 2.32. The van der Waals surface area contributed by atoms with E-state index in [0.29, 0.717) is 22.2 Å². The second kappa shape index (κ2) is 6.08. The Bertz CT molecular complexity index is 823. The molecule has 0 saturated heterocycles. The van der Waals surface area contributed by atoms with Crippen LogP contribution in [0.4, 0.5) is 16.6 Å². The van der Waals surface area contributed by atoms with Crippen molar-refractivity contribution in [2.45, 2.75) is 0 Å². The highest BCUT2D eigenvalue weighted by molar-refractivity contribution is 7.14. The second-order valence-corrected chi connectivity index (χ2v) is 5.57. The average molecular weight is 333 g/mol. The van der Waals surface area contributed by atoms with E-state index in [4.69, 9.17) is 11.6 Å². The number of hydrogen-bond acceptors (Lipinski definition) is 6. The van der Waals surface area contributed by atoms with Crippen LogP contribution < -0.4 is 5.32 Å². The lowest BCUT2D eigenvalue weighted by Gasteiger charge is -2.00. The number of pyridine rings is 1. The highest BCUT2D eigenvalue weighted by atomic mass is 35.5. The quantitative estimate of drug-likeness (QED) is 0.561. The molecule has 0 radical (unpaired) electrons. The van der Waals surface area contributed by atoms with Crippen LogP contribution in [0, 0.1) is 10.1 Å². The zero-order valence-electron chi connectivity index (χ0n) is 11.1. The van der Waals surface area contributed by atoms with Crippen LogP contribution in [0.25, 0.3) is 11.3 Å². The predicted molar refractivity (Wildman–Crippen MR) is 86.7 cm³/mol. The lowest BCUT2D eigenvalue weighted by Crippen LogP contribution is -1.92. The van der Waals surface area contributed by atoms with Gasteiger partial charge in [-0.2, -0.15) is 0 Å². The van der Waals surface area contributed by atoms with Crippen LogP contribution in [0.5, 0.6) is 0 Å². The van der Waals surface area contributed by atoms with Crippen molar-refractivity contribution >= 4 is 39.6 Å². The van der Waals surface area contributed by atoms with Crippen molar-refractivity contribution in [1.82, 2.24) is 9.97 Å². The average Bonchev–Trinajstić information content (AvgIpc) is 2.97. The number of nitrogens with one attached hydrogen (secondary N) is 1. The van der Waals surface area contributed by atoms with Gasteiger partial charge in [0, 0.05) is 23.2 Å². The van der Waals surface area contributed by atoms with Gasteiger partial charge in [0.15, 0.2) is 5.13 Å². The van der Waals surface area contributed by atoms with Gasteiger partial charge in [0.1, 0.15) is 10.8 Å². The standard InChI is InChI=1S/C14H9ClN4O2S/c15-10-5-4-9(7-12(10)19(20)21)11-8-22-14(17-11)18-13-3-1-2-6-16-13/h1-8H,(H,16,17,18). The molecule has 0 saturated carbocycles. The van der Waals surface area contributed by atoms with Crippen LogP contribution in [-0.4, -0.2) is 14.9 Å². The molecule has 1 aromatic carbocycles. The van der Waals surface area contributed by atoms with Gasteiger partial charge in [0.2, 0.25) is 0 Å². The third-order valence-corrected chi connectivity index (χ3v) is 3.92. The summed E-state index contributed by atoms with van der Waals surface area (Å²) in [4.78, 5) is 19.0. The zero-order valence-corrected chi connectivity index (χ0v) is 12.6. The summed E-state index contributed by atoms with van der Waals surface area (Å²) < 4.78 is 0. The predicted octanol–water partition coefficient (Wildman–Crippen LogP) is 4.51. The number of nitro groups is 1. The first-order valence-electron chi connectivity index (χ1n) is 6.21. The van der Waals surface area contributed by atoms with E-state index >= 15 is 0 Å². The fourth-order valence-corrected chi connectivity index (χ4v) is 2.74. The smallest absolute Gasteiger partial charge is 0.288 e. The van der Waals surface area contributed by atoms with Gasteiger partial charge in [0.05, 0.1) is 10.6 Å². The molecule has 6 nitrogen and oxygen atoms in total. The normalized spacial score (nSPS) is 10.4. The van der Waals surface area contributed by atoms with E-state index in [2.05, 4.69) is 15.3 Å². The van der Waals surface area contributed by atoms with E-state index in [9.17, 15) is 10.1 Å². The highest BCUT2D eigenvalue weighted by Gasteiger charge is 2.15. The van der Waals surface area contributed by atoms with E-state index in [-0.39, 0.29) is 10.7 Å². The number of nitrogens with zero attached hydrogens (tertiary/aromatic N) is 3. The van der Waals surface area contributed by atoms with Crippen LogP contribution in [0.15, 0.2) is 48.0 Å². The number of benzene rings is 1. The molecule has 1 N–H and O–H groups in total. The van der Waals surface area contributed by atoms with Crippen LogP contribution in [0.2, 0.25) is 5.02 Å². The molecule has 0 aliphatic rings. The van der Waals surface area contributed by atoms with Crippen molar-refractivity contribution in [1.29, 1.82) is 0 Å². The fraction of sp³-hybridized carbons (Fsp3) is 0.